The van der Waals surface area contributed by atoms with E-state index in [4.69, 9.17) is 16.3 Å². The molecule has 0 saturated heterocycles. The Morgan fingerprint density at radius 2 is 1.97 bits per heavy atom. The van der Waals surface area contributed by atoms with Crippen molar-refractivity contribution in [2.45, 2.75) is 45.7 Å². The number of rotatable bonds is 6. The number of carbonyl (C=O) groups excluding carboxylic acids is 1. The second-order valence-electron chi connectivity index (χ2n) is 8.20. The van der Waals surface area contributed by atoms with Gasteiger partial charge in [-0.1, -0.05) is 41.4 Å². The standard InChI is InChI=1S/C25H24ClF2N3O2/c1-14-10-11-16(15(2)12-14)19(27)13-29-24(32)22-17-6-3-4-8-20(17)30-31-25(22)33-21-9-5-7-18(26)23(21)28/h5,7,9-12,19H,3-4,6,8,13H2,1-2H3,(H,29,32). The number of alkyl halides is 1. The lowest BCUT2D eigenvalue weighted by atomic mass is 9.92. The van der Waals surface area contributed by atoms with Crippen LogP contribution in [0.15, 0.2) is 36.4 Å². The SMILES string of the molecule is Cc1ccc(C(F)CNC(=O)c2c(Oc3cccc(Cl)c3F)nnc3c2CCCC3)c(C)c1. The Hall–Kier alpha value is -3.06. The van der Waals surface area contributed by atoms with Crippen LogP contribution in [0, 0.1) is 19.7 Å². The summed E-state index contributed by atoms with van der Waals surface area (Å²) in [7, 11) is 0. The van der Waals surface area contributed by atoms with Crippen LogP contribution in [-0.4, -0.2) is 22.6 Å². The maximum absolute atomic E-state index is 14.9. The van der Waals surface area contributed by atoms with Gasteiger partial charge in [-0.05, 0) is 68.4 Å². The van der Waals surface area contributed by atoms with Gasteiger partial charge in [-0.15, -0.1) is 5.10 Å². The maximum Gasteiger partial charge on any atom is 0.257 e. The average molecular weight is 472 g/mol. The molecule has 0 radical (unpaired) electrons. The maximum atomic E-state index is 14.9. The molecule has 2 aromatic carbocycles. The molecule has 5 nitrogen and oxygen atoms in total. The van der Waals surface area contributed by atoms with Gasteiger partial charge in [-0.3, -0.25) is 4.79 Å². The van der Waals surface area contributed by atoms with E-state index in [1.54, 1.807) is 6.07 Å². The number of carbonyl (C=O) groups is 1. The molecule has 1 N–H and O–H groups in total. The first-order chi connectivity index (χ1) is 15.8. The number of halogens is 3. The molecular weight excluding hydrogens is 448 g/mol. The molecule has 1 aromatic heterocycles. The first-order valence-corrected chi connectivity index (χ1v) is 11.2. The summed E-state index contributed by atoms with van der Waals surface area (Å²) in [4.78, 5) is 13.2. The second kappa shape index (κ2) is 9.83. The molecular formula is C25H24ClF2N3O2. The van der Waals surface area contributed by atoms with Crippen molar-refractivity contribution >= 4 is 17.5 Å². The van der Waals surface area contributed by atoms with E-state index < -0.39 is 17.9 Å². The zero-order valence-corrected chi connectivity index (χ0v) is 19.2. The number of nitrogens with one attached hydrogen (secondary N) is 1. The number of amides is 1. The number of nitrogens with zero attached hydrogens (tertiary/aromatic N) is 2. The van der Waals surface area contributed by atoms with Crippen LogP contribution < -0.4 is 10.1 Å². The number of hydrogen-bond donors (Lipinski definition) is 1. The number of ether oxygens (including phenoxy) is 1. The predicted octanol–water partition coefficient (Wildman–Crippen LogP) is 6.00. The van der Waals surface area contributed by atoms with Gasteiger partial charge in [0.2, 0.25) is 0 Å². The van der Waals surface area contributed by atoms with Crippen molar-refractivity contribution in [2.75, 3.05) is 6.54 Å². The minimum absolute atomic E-state index is 0.113. The number of hydrogen-bond acceptors (Lipinski definition) is 4. The lowest BCUT2D eigenvalue weighted by Gasteiger charge is -2.20. The molecule has 4 rings (SSSR count). The van der Waals surface area contributed by atoms with Gasteiger partial charge in [0, 0.05) is 0 Å². The Morgan fingerprint density at radius 3 is 2.76 bits per heavy atom. The summed E-state index contributed by atoms with van der Waals surface area (Å²) in [5.74, 6) is -1.59. The smallest absolute Gasteiger partial charge is 0.257 e. The van der Waals surface area contributed by atoms with Crippen molar-refractivity contribution in [2.24, 2.45) is 0 Å². The third kappa shape index (κ3) is 4.98. The summed E-state index contributed by atoms with van der Waals surface area (Å²) in [6, 6.07) is 9.79. The van der Waals surface area contributed by atoms with E-state index in [1.807, 2.05) is 26.0 Å². The molecule has 0 bridgehead atoms. The van der Waals surface area contributed by atoms with Crippen molar-refractivity contribution < 1.29 is 18.3 Å². The number of benzene rings is 2. The van der Waals surface area contributed by atoms with E-state index in [2.05, 4.69) is 15.5 Å². The van der Waals surface area contributed by atoms with Crippen molar-refractivity contribution in [3.05, 3.63) is 80.7 Å². The largest absolute Gasteiger partial charge is 0.434 e. The zero-order chi connectivity index (χ0) is 23.5. The van der Waals surface area contributed by atoms with Crippen LogP contribution in [0.25, 0.3) is 0 Å². The molecule has 3 aromatic rings. The lowest BCUT2D eigenvalue weighted by molar-refractivity contribution is 0.0936. The van der Waals surface area contributed by atoms with Gasteiger partial charge in [0.15, 0.2) is 11.6 Å². The molecule has 172 valence electrons. The Morgan fingerprint density at radius 1 is 1.18 bits per heavy atom. The van der Waals surface area contributed by atoms with E-state index in [1.165, 1.54) is 18.2 Å². The summed E-state index contributed by atoms with van der Waals surface area (Å²) in [6.07, 6.45) is 1.72. The van der Waals surface area contributed by atoms with Gasteiger partial charge >= 0.3 is 0 Å². The number of aromatic nitrogens is 2. The molecule has 0 saturated carbocycles. The first-order valence-electron chi connectivity index (χ1n) is 10.8. The van der Waals surface area contributed by atoms with Crippen LogP contribution in [0.2, 0.25) is 5.02 Å². The minimum Gasteiger partial charge on any atom is -0.434 e. The van der Waals surface area contributed by atoms with E-state index in [-0.39, 0.29) is 28.8 Å². The molecule has 1 heterocycles. The monoisotopic (exact) mass is 471 g/mol. The Bertz CT molecular complexity index is 1200. The predicted molar refractivity (Wildman–Crippen MR) is 122 cm³/mol. The average Bonchev–Trinajstić information content (AvgIpc) is 2.80. The van der Waals surface area contributed by atoms with E-state index in [0.29, 0.717) is 29.7 Å². The number of aryl methyl sites for hydroxylation is 3. The molecule has 0 spiro atoms. The van der Waals surface area contributed by atoms with Gasteiger partial charge in [-0.25, -0.2) is 8.78 Å². The highest BCUT2D eigenvalue weighted by Crippen LogP contribution is 2.33. The van der Waals surface area contributed by atoms with Crippen molar-refractivity contribution in [3.63, 3.8) is 0 Å². The highest BCUT2D eigenvalue weighted by Gasteiger charge is 2.27. The summed E-state index contributed by atoms with van der Waals surface area (Å²) in [5.41, 5.74) is 3.95. The van der Waals surface area contributed by atoms with Gasteiger partial charge in [0.25, 0.3) is 11.8 Å². The summed E-state index contributed by atoms with van der Waals surface area (Å²) in [6.45, 7) is 3.56. The summed E-state index contributed by atoms with van der Waals surface area (Å²) in [5, 5.41) is 10.8. The lowest BCUT2D eigenvalue weighted by Crippen LogP contribution is -2.30. The molecule has 1 aliphatic carbocycles. The molecule has 1 atom stereocenters. The van der Waals surface area contributed by atoms with Gasteiger partial charge < -0.3 is 10.1 Å². The van der Waals surface area contributed by atoms with Crippen molar-refractivity contribution in [1.82, 2.24) is 15.5 Å². The third-order valence-electron chi connectivity index (χ3n) is 5.77. The van der Waals surface area contributed by atoms with Gasteiger partial charge in [-0.2, -0.15) is 5.10 Å². The summed E-state index contributed by atoms with van der Waals surface area (Å²) >= 11 is 5.85. The Labute approximate surface area is 196 Å². The van der Waals surface area contributed by atoms with Crippen molar-refractivity contribution in [3.8, 4) is 11.6 Å². The van der Waals surface area contributed by atoms with E-state index in [9.17, 15) is 13.6 Å². The Kier molecular flexibility index (Phi) is 6.88. The molecule has 0 aliphatic heterocycles. The fraction of sp³-hybridized carbons (Fsp3) is 0.320. The van der Waals surface area contributed by atoms with Crippen LogP contribution in [0.3, 0.4) is 0 Å². The fourth-order valence-electron chi connectivity index (χ4n) is 4.08. The Balaban J connectivity index is 1.62. The highest BCUT2D eigenvalue weighted by atomic mass is 35.5. The highest BCUT2D eigenvalue weighted by molar-refractivity contribution is 6.30. The van der Waals surface area contributed by atoms with Crippen LogP contribution in [-0.2, 0) is 12.8 Å². The van der Waals surface area contributed by atoms with E-state index >= 15 is 0 Å². The van der Waals surface area contributed by atoms with Crippen LogP contribution in [0.4, 0.5) is 8.78 Å². The molecule has 8 heteroatoms. The summed E-state index contributed by atoms with van der Waals surface area (Å²) < 4.78 is 35.0. The minimum atomic E-state index is -1.38. The quantitative estimate of drug-likeness (QED) is 0.479. The molecule has 1 aliphatic rings. The second-order valence-corrected chi connectivity index (χ2v) is 8.61. The molecule has 33 heavy (non-hydrogen) atoms. The molecule has 0 fully saturated rings. The topological polar surface area (TPSA) is 64.1 Å². The third-order valence-corrected chi connectivity index (χ3v) is 6.06. The van der Waals surface area contributed by atoms with Crippen LogP contribution >= 0.6 is 11.6 Å². The normalized spacial score (nSPS) is 13.8. The van der Waals surface area contributed by atoms with Crippen LogP contribution in [0.5, 0.6) is 11.6 Å². The van der Waals surface area contributed by atoms with Crippen LogP contribution in [0.1, 0.15) is 57.3 Å². The molecule has 1 unspecified atom stereocenters. The van der Waals surface area contributed by atoms with Gasteiger partial charge in [0.1, 0.15) is 11.7 Å². The number of fused-ring (bicyclic) bond motifs is 1. The van der Waals surface area contributed by atoms with Crippen molar-refractivity contribution in [1.29, 1.82) is 0 Å². The van der Waals surface area contributed by atoms with Gasteiger partial charge in [0.05, 0.1) is 17.3 Å². The molecule has 1 amide bonds. The van der Waals surface area contributed by atoms with E-state index in [0.717, 1.165) is 24.0 Å². The fourth-order valence-corrected chi connectivity index (χ4v) is 4.25. The first kappa shape index (κ1) is 23.1. The zero-order valence-electron chi connectivity index (χ0n) is 18.4.